The van der Waals surface area contributed by atoms with E-state index in [1.165, 1.54) is 0 Å². The molecule has 1 aliphatic heterocycles. The number of fused-ring (bicyclic) bond motifs is 1. The molecule has 2 heteroatoms. The lowest BCUT2D eigenvalue weighted by atomic mass is 10.0. The Kier molecular flexibility index (Phi) is 3.69. The zero-order chi connectivity index (χ0) is 10.6. The minimum atomic E-state index is -0.278. The van der Waals surface area contributed by atoms with Crippen LogP contribution in [0, 0.1) is 0 Å². The van der Waals surface area contributed by atoms with Gasteiger partial charge in [-0.2, -0.15) is 0 Å². The fourth-order valence-electron chi connectivity index (χ4n) is 1.35. The SMILES string of the molecule is CC.CC1Oc2ccccc2CC1=O. The van der Waals surface area contributed by atoms with E-state index in [0.29, 0.717) is 6.42 Å². The summed E-state index contributed by atoms with van der Waals surface area (Å²) in [4.78, 5) is 11.2. The van der Waals surface area contributed by atoms with Gasteiger partial charge in [0.05, 0.1) is 0 Å². The maximum Gasteiger partial charge on any atom is 0.177 e. The molecule has 1 atom stereocenters. The second-order valence-electron chi connectivity index (χ2n) is 3.01. The second-order valence-corrected chi connectivity index (χ2v) is 3.01. The Morgan fingerprint density at radius 2 is 1.93 bits per heavy atom. The molecule has 0 radical (unpaired) electrons. The minimum Gasteiger partial charge on any atom is -0.483 e. The van der Waals surface area contributed by atoms with Gasteiger partial charge in [-0.05, 0) is 13.0 Å². The van der Waals surface area contributed by atoms with Crippen LogP contribution in [0.5, 0.6) is 5.75 Å². The summed E-state index contributed by atoms with van der Waals surface area (Å²) in [6.45, 7) is 5.79. The van der Waals surface area contributed by atoms with E-state index in [2.05, 4.69) is 0 Å². The van der Waals surface area contributed by atoms with Gasteiger partial charge in [0, 0.05) is 12.0 Å². The van der Waals surface area contributed by atoms with E-state index in [9.17, 15) is 4.79 Å². The van der Waals surface area contributed by atoms with Gasteiger partial charge < -0.3 is 4.74 Å². The van der Waals surface area contributed by atoms with Crippen molar-refractivity contribution < 1.29 is 9.53 Å². The summed E-state index contributed by atoms with van der Waals surface area (Å²) in [5.41, 5.74) is 1.00. The molecule has 0 saturated carbocycles. The summed E-state index contributed by atoms with van der Waals surface area (Å²) in [5, 5.41) is 0. The van der Waals surface area contributed by atoms with E-state index >= 15 is 0 Å². The van der Waals surface area contributed by atoms with Gasteiger partial charge in [0.2, 0.25) is 0 Å². The van der Waals surface area contributed by atoms with Crippen molar-refractivity contribution in [2.24, 2.45) is 0 Å². The molecular formula is C12H16O2. The van der Waals surface area contributed by atoms with Gasteiger partial charge in [0.15, 0.2) is 11.9 Å². The van der Waals surface area contributed by atoms with Crippen LogP contribution < -0.4 is 4.74 Å². The molecule has 76 valence electrons. The fourth-order valence-corrected chi connectivity index (χ4v) is 1.35. The number of ether oxygens (including phenoxy) is 1. The predicted octanol–water partition coefficient (Wildman–Crippen LogP) is 2.61. The van der Waals surface area contributed by atoms with Gasteiger partial charge in [-0.15, -0.1) is 0 Å². The van der Waals surface area contributed by atoms with Crippen molar-refractivity contribution in [2.45, 2.75) is 33.3 Å². The molecule has 2 rings (SSSR count). The number of ketones is 1. The lowest BCUT2D eigenvalue weighted by Crippen LogP contribution is -2.30. The molecule has 2 nitrogen and oxygen atoms in total. The van der Waals surface area contributed by atoms with Crippen LogP contribution >= 0.6 is 0 Å². The number of benzene rings is 1. The van der Waals surface area contributed by atoms with E-state index in [1.807, 2.05) is 38.1 Å². The Balaban J connectivity index is 0.000000461. The maximum atomic E-state index is 11.2. The Bertz CT molecular complexity index is 318. The monoisotopic (exact) mass is 192 g/mol. The van der Waals surface area contributed by atoms with Crippen molar-refractivity contribution in [2.75, 3.05) is 0 Å². The molecule has 0 spiro atoms. The van der Waals surface area contributed by atoms with Gasteiger partial charge in [-0.25, -0.2) is 0 Å². The molecule has 1 aromatic rings. The van der Waals surface area contributed by atoms with Crippen molar-refractivity contribution in [1.82, 2.24) is 0 Å². The normalized spacial score (nSPS) is 18.8. The van der Waals surface area contributed by atoms with Gasteiger partial charge in [-0.3, -0.25) is 4.79 Å². The van der Waals surface area contributed by atoms with Gasteiger partial charge >= 0.3 is 0 Å². The summed E-state index contributed by atoms with van der Waals surface area (Å²) in [6.07, 6.45) is 0.233. The second kappa shape index (κ2) is 4.80. The number of carbonyl (C=O) groups excluding carboxylic acids is 1. The van der Waals surface area contributed by atoms with E-state index in [4.69, 9.17) is 4.74 Å². The zero-order valence-corrected chi connectivity index (χ0v) is 8.91. The van der Waals surface area contributed by atoms with E-state index < -0.39 is 0 Å². The molecular weight excluding hydrogens is 176 g/mol. The van der Waals surface area contributed by atoms with E-state index in [-0.39, 0.29) is 11.9 Å². The highest BCUT2D eigenvalue weighted by Gasteiger charge is 2.22. The third kappa shape index (κ3) is 2.13. The van der Waals surface area contributed by atoms with Crippen LogP contribution in [0.1, 0.15) is 26.3 Å². The number of rotatable bonds is 0. The Morgan fingerprint density at radius 3 is 2.64 bits per heavy atom. The van der Waals surface area contributed by atoms with Gasteiger partial charge in [0.1, 0.15) is 5.75 Å². The molecule has 0 fully saturated rings. The van der Waals surface area contributed by atoms with Crippen LogP contribution in [-0.2, 0) is 11.2 Å². The molecule has 1 heterocycles. The molecule has 0 N–H and O–H groups in total. The van der Waals surface area contributed by atoms with Crippen LogP contribution in [0.4, 0.5) is 0 Å². The standard InChI is InChI=1S/C10H10O2.C2H6/c1-7-9(11)6-8-4-2-3-5-10(8)12-7;1-2/h2-5,7H,6H2,1H3;1-2H3. The number of hydrogen-bond donors (Lipinski definition) is 0. The molecule has 1 aliphatic rings. The molecule has 14 heavy (non-hydrogen) atoms. The molecule has 0 amide bonds. The highest BCUT2D eigenvalue weighted by atomic mass is 16.5. The predicted molar refractivity (Wildman–Crippen MR) is 56.6 cm³/mol. The first kappa shape index (κ1) is 10.8. The van der Waals surface area contributed by atoms with Crippen molar-refractivity contribution in [3.05, 3.63) is 29.8 Å². The van der Waals surface area contributed by atoms with E-state index in [0.717, 1.165) is 11.3 Å². The van der Waals surface area contributed by atoms with Crippen molar-refractivity contribution >= 4 is 5.78 Å². The summed E-state index contributed by atoms with van der Waals surface area (Å²) in [6, 6.07) is 7.67. The fraction of sp³-hybridized carbons (Fsp3) is 0.417. The number of hydrogen-bond acceptors (Lipinski definition) is 2. The first-order chi connectivity index (χ1) is 6.77. The van der Waals surface area contributed by atoms with Crippen molar-refractivity contribution in [3.8, 4) is 5.75 Å². The number of Topliss-reactive ketones (excluding diaryl/α,β-unsaturated/α-hetero) is 1. The molecule has 0 bridgehead atoms. The number of para-hydroxylation sites is 1. The average Bonchev–Trinajstić information content (AvgIpc) is 2.23. The first-order valence-corrected chi connectivity index (χ1v) is 5.04. The quantitative estimate of drug-likeness (QED) is 0.631. The summed E-state index contributed by atoms with van der Waals surface area (Å²) in [7, 11) is 0. The lowest BCUT2D eigenvalue weighted by Gasteiger charge is -2.21. The summed E-state index contributed by atoms with van der Waals surface area (Å²) < 4.78 is 5.39. The van der Waals surface area contributed by atoms with E-state index in [1.54, 1.807) is 6.92 Å². The molecule has 1 aromatic carbocycles. The lowest BCUT2D eigenvalue weighted by molar-refractivity contribution is -0.125. The van der Waals surface area contributed by atoms with Crippen molar-refractivity contribution in [3.63, 3.8) is 0 Å². The van der Waals surface area contributed by atoms with Gasteiger partial charge in [0.25, 0.3) is 0 Å². The Labute approximate surface area is 84.9 Å². The topological polar surface area (TPSA) is 26.3 Å². The van der Waals surface area contributed by atoms with Crippen molar-refractivity contribution in [1.29, 1.82) is 0 Å². The average molecular weight is 192 g/mol. The number of carbonyl (C=O) groups is 1. The molecule has 1 unspecified atom stereocenters. The first-order valence-electron chi connectivity index (χ1n) is 5.04. The minimum absolute atomic E-state index is 0.161. The molecule has 0 aliphatic carbocycles. The van der Waals surface area contributed by atoms with Crippen LogP contribution in [0.3, 0.4) is 0 Å². The highest BCUT2D eigenvalue weighted by Crippen LogP contribution is 2.24. The third-order valence-corrected chi connectivity index (χ3v) is 2.09. The largest absolute Gasteiger partial charge is 0.483 e. The third-order valence-electron chi connectivity index (χ3n) is 2.09. The molecule has 0 saturated heterocycles. The smallest absolute Gasteiger partial charge is 0.177 e. The highest BCUT2D eigenvalue weighted by molar-refractivity contribution is 5.87. The Hall–Kier alpha value is -1.31. The Morgan fingerprint density at radius 1 is 1.29 bits per heavy atom. The molecule has 0 aromatic heterocycles. The van der Waals surface area contributed by atoms with Crippen LogP contribution in [0.2, 0.25) is 0 Å². The van der Waals surface area contributed by atoms with Crippen LogP contribution in [-0.4, -0.2) is 11.9 Å². The summed E-state index contributed by atoms with van der Waals surface area (Å²) in [5.74, 6) is 1.01. The van der Waals surface area contributed by atoms with Gasteiger partial charge in [-0.1, -0.05) is 32.0 Å². The van der Waals surface area contributed by atoms with Crippen LogP contribution in [0.25, 0.3) is 0 Å². The zero-order valence-electron chi connectivity index (χ0n) is 8.91. The summed E-state index contributed by atoms with van der Waals surface area (Å²) >= 11 is 0. The van der Waals surface area contributed by atoms with Crippen LogP contribution in [0.15, 0.2) is 24.3 Å². The maximum absolute atomic E-state index is 11.2.